The summed E-state index contributed by atoms with van der Waals surface area (Å²) in [4.78, 5) is 14.7. The summed E-state index contributed by atoms with van der Waals surface area (Å²) < 4.78 is 5.51. The highest BCUT2D eigenvalue weighted by Gasteiger charge is 2.34. The molecule has 0 spiro atoms. The molecule has 2 aromatic rings. The molecule has 1 aliphatic carbocycles. The van der Waals surface area contributed by atoms with Crippen molar-refractivity contribution in [3.63, 3.8) is 0 Å². The molecule has 0 aliphatic heterocycles. The van der Waals surface area contributed by atoms with Gasteiger partial charge in [-0.05, 0) is 56.5 Å². The maximum absolute atomic E-state index is 12.8. The molecule has 2 aromatic carbocycles. The quantitative estimate of drug-likeness (QED) is 0.718. The van der Waals surface area contributed by atoms with Crippen LogP contribution >= 0.6 is 0 Å². The number of ether oxygens (including phenoxy) is 1. The Morgan fingerprint density at radius 1 is 1.12 bits per heavy atom. The van der Waals surface area contributed by atoms with Crippen molar-refractivity contribution < 1.29 is 9.53 Å². The first-order chi connectivity index (χ1) is 12.2. The lowest BCUT2D eigenvalue weighted by Gasteiger charge is -2.24. The van der Waals surface area contributed by atoms with Gasteiger partial charge in [0.25, 0.3) is 0 Å². The summed E-state index contributed by atoms with van der Waals surface area (Å²) in [6.45, 7) is 5.30. The second kappa shape index (κ2) is 8.02. The summed E-state index contributed by atoms with van der Waals surface area (Å²) in [5.41, 5.74) is 3.25. The van der Waals surface area contributed by atoms with Gasteiger partial charge in [0.05, 0.1) is 6.61 Å². The lowest BCUT2D eigenvalue weighted by atomic mass is 10.1. The van der Waals surface area contributed by atoms with E-state index in [9.17, 15) is 4.79 Å². The van der Waals surface area contributed by atoms with E-state index in [0.29, 0.717) is 13.2 Å². The standard InChI is InChI=1S/C22H25NO2/c1-3-25-21-13-11-20(12-14-21)23(22(24)19-9-10-19)16-17(2)15-18-7-5-4-6-8-18/h4-8,11-15,19H,3,9-10,16H2,1-2H3/b17-15+. The molecule has 1 amide bonds. The Morgan fingerprint density at radius 2 is 1.80 bits per heavy atom. The third-order valence-corrected chi connectivity index (χ3v) is 4.27. The molecule has 0 saturated heterocycles. The van der Waals surface area contributed by atoms with Gasteiger partial charge in [-0.2, -0.15) is 0 Å². The Bertz CT molecular complexity index is 730. The maximum Gasteiger partial charge on any atom is 0.230 e. The Morgan fingerprint density at radius 3 is 2.40 bits per heavy atom. The molecule has 0 N–H and O–H groups in total. The molecule has 0 atom stereocenters. The van der Waals surface area contributed by atoms with Crippen molar-refractivity contribution in [3.05, 3.63) is 65.7 Å². The third-order valence-electron chi connectivity index (χ3n) is 4.27. The highest BCUT2D eigenvalue weighted by Crippen LogP contribution is 2.33. The summed E-state index contributed by atoms with van der Waals surface area (Å²) in [6.07, 6.45) is 4.16. The highest BCUT2D eigenvalue weighted by atomic mass is 16.5. The van der Waals surface area contributed by atoms with Crippen molar-refractivity contribution in [1.29, 1.82) is 0 Å². The van der Waals surface area contributed by atoms with Crippen LogP contribution in [0, 0.1) is 5.92 Å². The number of amides is 1. The smallest absolute Gasteiger partial charge is 0.230 e. The van der Waals surface area contributed by atoms with Crippen LogP contribution in [0.25, 0.3) is 6.08 Å². The van der Waals surface area contributed by atoms with E-state index in [2.05, 4.69) is 25.1 Å². The molecule has 0 radical (unpaired) electrons. The molecule has 1 saturated carbocycles. The minimum Gasteiger partial charge on any atom is -0.494 e. The zero-order valence-electron chi connectivity index (χ0n) is 14.9. The number of hydrogen-bond donors (Lipinski definition) is 0. The van der Waals surface area contributed by atoms with Crippen molar-refractivity contribution in [3.8, 4) is 5.75 Å². The Labute approximate surface area is 149 Å². The van der Waals surface area contributed by atoms with Crippen molar-refractivity contribution >= 4 is 17.7 Å². The first kappa shape index (κ1) is 17.3. The van der Waals surface area contributed by atoms with Gasteiger partial charge in [0.2, 0.25) is 5.91 Å². The molecule has 0 bridgehead atoms. The topological polar surface area (TPSA) is 29.5 Å². The minimum atomic E-state index is 0.191. The molecule has 3 heteroatoms. The molecule has 3 rings (SSSR count). The predicted octanol–water partition coefficient (Wildman–Crippen LogP) is 4.93. The lowest BCUT2D eigenvalue weighted by Crippen LogP contribution is -2.33. The number of rotatable bonds is 7. The summed E-state index contributed by atoms with van der Waals surface area (Å²) >= 11 is 0. The van der Waals surface area contributed by atoms with Gasteiger partial charge in [-0.1, -0.05) is 42.0 Å². The van der Waals surface area contributed by atoms with Gasteiger partial charge in [0.15, 0.2) is 0 Å². The molecule has 130 valence electrons. The molecule has 1 aliphatic rings. The van der Waals surface area contributed by atoms with Crippen molar-refractivity contribution in [2.45, 2.75) is 26.7 Å². The maximum atomic E-state index is 12.8. The highest BCUT2D eigenvalue weighted by molar-refractivity contribution is 5.97. The van der Waals surface area contributed by atoms with Gasteiger partial charge in [-0.15, -0.1) is 0 Å². The van der Waals surface area contributed by atoms with Crippen LogP contribution in [0.2, 0.25) is 0 Å². The minimum absolute atomic E-state index is 0.191. The predicted molar refractivity (Wildman–Crippen MR) is 103 cm³/mol. The van der Waals surface area contributed by atoms with Crippen LogP contribution < -0.4 is 9.64 Å². The Hall–Kier alpha value is -2.55. The fraction of sp³-hybridized carbons (Fsp3) is 0.318. The third kappa shape index (κ3) is 4.72. The largest absolute Gasteiger partial charge is 0.494 e. The molecule has 25 heavy (non-hydrogen) atoms. The monoisotopic (exact) mass is 335 g/mol. The summed E-state index contributed by atoms with van der Waals surface area (Å²) in [5, 5.41) is 0. The molecule has 0 unspecified atom stereocenters. The zero-order chi connectivity index (χ0) is 17.6. The fourth-order valence-corrected chi connectivity index (χ4v) is 2.86. The van der Waals surface area contributed by atoms with Gasteiger partial charge < -0.3 is 9.64 Å². The van der Waals surface area contributed by atoms with Crippen molar-refractivity contribution in [1.82, 2.24) is 0 Å². The van der Waals surface area contributed by atoms with Crippen LogP contribution in [-0.4, -0.2) is 19.1 Å². The van der Waals surface area contributed by atoms with Crippen LogP contribution in [0.5, 0.6) is 5.75 Å². The van der Waals surface area contributed by atoms with Gasteiger partial charge >= 0.3 is 0 Å². The number of carbonyl (C=O) groups is 1. The molecule has 0 aromatic heterocycles. The number of anilines is 1. The second-order valence-electron chi connectivity index (χ2n) is 6.53. The van der Waals surface area contributed by atoms with Gasteiger partial charge in [-0.25, -0.2) is 0 Å². The Balaban J connectivity index is 1.79. The van der Waals surface area contributed by atoms with Gasteiger partial charge in [0, 0.05) is 18.2 Å². The molecule has 0 heterocycles. The van der Waals surface area contributed by atoms with E-state index >= 15 is 0 Å². The summed E-state index contributed by atoms with van der Waals surface area (Å²) in [6, 6.07) is 18.0. The van der Waals surface area contributed by atoms with Crippen LogP contribution in [-0.2, 0) is 4.79 Å². The van der Waals surface area contributed by atoms with E-state index in [1.54, 1.807) is 0 Å². The average molecular weight is 335 g/mol. The van der Waals surface area contributed by atoms with Crippen LogP contribution in [0.1, 0.15) is 32.3 Å². The first-order valence-electron chi connectivity index (χ1n) is 8.94. The van der Waals surface area contributed by atoms with Crippen LogP contribution in [0.3, 0.4) is 0 Å². The SMILES string of the molecule is CCOc1ccc(N(C/C(C)=C/c2ccccc2)C(=O)C2CC2)cc1. The molecular weight excluding hydrogens is 310 g/mol. The lowest BCUT2D eigenvalue weighted by molar-refractivity contribution is -0.119. The van der Waals surface area contributed by atoms with Gasteiger partial charge in [-0.3, -0.25) is 4.79 Å². The first-order valence-corrected chi connectivity index (χ1v) is 8.94. The molecular formula is C22H25NO2. The molecule has 3 nitrogen and oxygen atoms in total. The second-order valence-corrected chi connectivity index (χ2v) is 6.53. The number of nitrogens with zero attached hydrogens (tertiary/aromatic N) is 1. The van der Waals surface area contributed by atoms with Crippen molar-refractivity contribution in [2.24, 2.45) is 5.92 Å². The summed E-state index contributed by atoms with van der Waals surface area (Å²) in [5.74, 6) is 1.25. The van der Waals surface area contributed by atoms with Crippen LogP contribution in [0.4, 0.5) is 5.69 Å². The van der Waals surface area contributed by atoms with Crippen molar-refractivity contribution in [2.75, 3.05) is 18.1 Å². The van der Waals surface area contributed by atoms with Gasteiger partial charge in [0.1, 0.15) is 5.75 Å². The van der Waals surface area contributed by atoms with E-state index in [1.165, 1.54) is 0 Å². The number of carbonyl (C=O) groups excluding carboxylic acids is 1. The zero-order valence-corrected chi connectivity index (χ0v) is 14.9. The summed E-state index contributed by atoms with van der Waals surface area (Å²) in [7, 11) is 0. The normalized spacial score (nSPS) is 14.2. The average Bonchev–Trinajstić information content (AvgIpc) is 3.46. The number of hydrogen-bond acceptors (Lipinski definition) is 2. The number of benzene rings is 2. The Kier molecular flexibility index (Phi) is 5.54. The van der Waals surface area contributed by atoms with E-state index in [0.717, 1.165) is 35.4 Å². The van der Waals surface area contributed by atoms with Crippen LogP contribution in [0.15, 0.2) is 60.2 Å². The van der Waals surface area contributed by atoms with E-state index < -0.39 is 0 Å². The van der Waals surface area contributed by atoms with E-state index in [1.807, 2.05) is 54.3 Å². The van der Waals surface area contributed by atoms with E-state index in [-0.39, 0.29) is 11.8 Å². The molecule has 1 fully saturated rings. The fourth-order valence-electron chi connectivity index (χ4n) is 2.86. The van der Waals surface area contributed by atoms with E-state index in [4.69, 9.17) is 4.74 Å².